The maximum absolute atomic E-state index is 6.28. The summed E-state index contributed by atoms with van der Waals surface area (Å²) in [4.78, 5) is 7.22. The Hall–Kier alpha value is -4.65. The van der Waals surface area contributed by atoms with Crippen molar-refractivity contribution in [1.29, 1.82) is 0 Å². The van der Waals surface area contributed by atoms with E-state index in [9.17, 15) is 0 Å². The van der Waals surface area contributed by atoms with Crippen molar-refractivity contribution in [2.24, 2.45) is 0 Å². The second-order valence-electron chi connectivity index (χ2n) is 11.5. The highest BCUT2D eigenvalue weighted by molar-refractivity contribution is 5.71. The lowest BCUT2D eigenvalue weighted by molar-refractivity contribution is 0.0188. The molecule has 0 radical (unpaired) electrons. The number of pyridine rings is 1. The molecule has 1 aliphatic heterocycles. The Morgan fingerprint density at radius 1 is 0.587 bits per heavy atom. The molecular weight excluding hydrogens is 572 g/mol. The maximum Gasteiger partial charge on any atom is 0.225 e. The van der Waals surface area contributed by atoms with Gasteiger partial charge in [-0.3, -0.25) is 0 Å². The van der Waals surface area contributed by atoms with Crippen molar-refractivity contribution in [3.63, 3.8) is 0 Å². The standard InChI is InChI=1S/C40H42N2O4/c1-4-11-32(12-5-1)29-43-27-10-28-44-37-23-25-42(26-24-37)36-19-17-35(18-20-36)38-21-22-39(45-30-33-13-6-2-7-14-33)41-40(38)46-31-34-15-8-3-9-16-34/h1-9,11-22,37H,10,23-31H2. The number of nitrogens with zero attached hydrogens (tertiary/aromatic N) is 2. The fraction of sp³-hybridized carbons (Fsp3) is 0.275. The molecule has 0 saturated carbocycles. The fourth-order valence-corrected chi connectivity index (χ4v) is 5.60. The fourth-order valence-electron chi connectivity index (χ4n) is 5.60. The summed E-state index contributed by atoms with van der Waals surface area (Å²) in [6, 6.07) is 43.2. The first-order chi connectivity index (χ1) is 22.8. The number of hydrogen-bond acceptors (Lipinski definition) is 6. The van der Waals surface area contributed by atoms with Crippen LogP contribution < -0.4 is 14.4 Å². The van der Waals surface area contributed by atoms with Crippen molar-refractivity contribution in [2.45, 2.75) is 45.2 Å². The summed E-state index contributed by atoms with van der Waals surface area (Å²) in [5, 5.41) is 0. The van der Waals surface area contributed by atoms with Crippen LogP contribution in [0.5, 0.6) is 11.8 Å². The zero-order valence-corrected chi connectivity index (χ0v) is 26.3. The first-order valence-corrected chi connectivity index (χ1v) is 16.2. The molecule has 4 aromatic carbocycles. The van der Waals surface area contributed by atoms with Gasteiger partial charge in [-0.05, 0) is 59.7 Å². The van der Waals surface area contributed by atoms with E-state index in [4.69, 9.17) is 23.9 Å². The summed E-state index contributed by atoms with van der Waals surface area (Å²) >= 11 is 0. The van der Waals surface area contributed by atoms with Gasteiger partial charge in [0.25, 0.3) is 0 Å². The van der Waals surface area contributed by atoms with Crippen LogP contribution >= 0.6 is 0 Å². The van der Waals surface area contributed by atoms with Gasteiger partial charge in [0.1, 0.15) is 13.2 Å². The highest BCUT2D eigenvalue weighted by atomic mass is 16.5. The van der Waals surface area contributed by atoms with Crippen molar-refractivity contribution >= 4 is 5.69 Å². The third-order valence-corrected chi connectivity index (χ3v) is 8.17. The molecule has 0 spiro atoms. The van der Waals surface area contributed by atoms with Crippen molar-refractivity contribution < 1.29 is 18.9 Å². The second kappa shape index (κ2) is 16.6. The summed E-state index contributed by atoms with van der Waals surface area (Å²) in [6.07, 6.45) is 3.28. The third-order valence-electron chi connectivity index (χ3n) is 8.17. The lowest BCUT2D eigenvalue weighted by Crippen LogP contribution is -2.37. The van der Waals surface area contributed by atoms with Gasteiger partial charge >= 0.3 is 0 Å². The van der Waals surface area contributed by atoms with E-state index in [1.165, 1.54) is 11.3 Å². The molecule has 0 atom stereocenters. The van der Waals surface area contributed by atoms with E-state index >= 15 is 0 Å². The van der Waals surface area contributed by atoms with Gasteiger partial charge in [0.15, 0.2) is 0 Å². The number of ether oxygens (including phenoxy) is 4. The molecule has 5 aromatic rings. The zero-order chi connectivity index (χ0) is 31.2. The molecule has 0 N–H and O–H groups in total. The van der Waals surface area contributed by atoms with Crippen molar-refractivity contribution in [1.82, 2.24) is 4.98 Å². The molecule has 1 saturated heterocycles. The van der Waals surface area contributed by atoms with Crippen molar-refractivity contribution in [2.75, 3.05) is 31.2 Å². The van der Waals surface area contributed by atoms with Gasteiger partial charge in [-0.2, -0.15) is 4.98 Å². The molecule has 0 unspecified atom stereocenters. The molecule has 236 valence electrons. The molecule has 0 aliphatic carbocycles. The Bertz CT molecular complexity index is 1590. The number of anilines is 1. The van der Waals surface area contributed by atoms with Crippen LogP contribution in [0, 0.1) is 0 Å². The predicted octanol–water partition coefficient (Wildman–Crippen LogP) is 8.50. The first kappa shape index (κ1) is 31.3. The Morgan fingerprint density at radius 3 is 1.80 bits per heavy atom. The lowest BCUT2D eigenvalue weighted by atomic mass is 10.0. The number of piperidine rings is 1. The predicted molar refractivity (Wildman–Crippen MR) is 183 cm³/mol. The summed E-state index contributed by atoms with van der Waals surface area (Å²) in [6.45, 7) is 4.96. The minimum absolute atomic E-state index is 0.308. The minimum Gasteiger partial charge on any atom is -0.473 e. The summed E-state index contributed by atoms with van der Waals surface area (Å²) in [5.41, 5.74) is 6.61. The topological polar surface area (TPSA) is 53.1 Å². The first-order valence-electron chi connectivity index (χ1n) is 16.2. The highest BCUT2D eigenvalue weighted by Gasteiger charge is 2.20. The van der Waals surface area contributed by atoms with Crippen LogP contribution in [0.2, 0.25) is 0 Å². The second-order valence-corrected chi connectivity index (χ2v) is 11.5. The number of rotatable bonds is 15. The maximum atomic E-state index is 6.28. The summed E-state index contributed by atoms with van der Waals surface area (Å²) in [5.74, 6) is 1.10. The van der Waals surface area contributed by atoms with Gasteiger partial charge < -0.3 is 23.8 Å². The van der Waals surface area contributed by atoms with Gasteiger partial charge in [0.05, 0.1) is 12.7 Å². The van der Waals surface area contributed by atoms with Gasteiger partial charge in [-0.1, -0.05) is 103 Å². The summed E-state index contributed by atoms with van der Waals surface area (Å²) < 4.78 is 24.3. The van der Waals surface area contributed by atoms with Crippen LogP contribution in [0.3, 0.4) is 0 Å². The minimum atomic E-state index is 0.308. The van der Waals surface area contributed by atoms with Crippen LogP contribution in [-0.2, 0) is 29.3 Å². The van der Waals surface area contributed by atoms with Crippen LogP contribution in [0.4, 0.5) is 5.69 Å². The van der Waals surface area contributed by atoms with E-state index < -0.39 is 0 Å². The Balaban J connectivity index is 1.01. The molecular formula is C40H42N2O4. The Morgan fingerprint density at radius 2 is 1.17 bits per heavy atom. The van der Waals surface area contributed by atoms with Crippen molar-refractivity contribution in [3.05, 3.63) is 144 Å². The SMILES string of the molecule is c1ccc(COCCCOC2CCN(c3ccc(-c4ccc(OCc5ccccc5)nc4OCc4ccccc4)cc3)CC2)cc1. The monoisotopic (exact) mass is 614 g/mol. The molecule has 6 rings (SSSR count). The number of aromatic nitrogens is 1. The van der Waals surface area contributed by atoms with Gasteiger partial charge in [0.2, 0.25) is 11.8 Å². The Kier molecular flexibility index (Phi) is 11.3. The van der Waals surface area contributed by atoms with E-state index in [-0.39, 0.29) is 0 Å². The summed E-state index contributed by atoms with van der Waals surface area (Å²) in [7, 11) is 0. The molecule has 0 bridgehead atoms. The molecule has 1 fully saturated rings. The van der Waals surface area contributed by atoms with Gasteiger partial charge in [0, 0.05) is 43.6 Å². The van der Waals surface area contributed by atoms with Crippen LogP contribution in [0.1, 0.15) is 36.0 Å². The number of benzene rings is 4. The van der Waals surface area contributed by atoms with Crippen LogP contribution in [-0.4, -0.2) is 37.4 Å². The zero-order valence-electron chi connectivity index (χ0n) is 26.3. The van der Waals surface area contributed by atoms with Crippen LogP contribution in [0.15, 0.2) is 127 Å². The van der Waals surface area contributed by atoms with Gasteiger partial charge in [-0.15, -0.1) is 0 Å². The molecule has 1 aromatic heterocycles. The normalized spacial score (nSPS) is 13.4. The largest absolute Gasteiger partial charge is 0.473 e. The van der Waals surface area contributed by atoms with E-state index in [2.05, 4.69) is 53.4 Å². The van der Waals surface area contributed by atoms with E-state index in [0.717, 1.165) is 67.8 Å². The quantitative estimate of drug-likeness (QED) is 0.110. The molecule has 0 amide bonds. The average molecular weight is 615 g/mol. The lowest BCUT2D eigenvalue weighted by Gasteiger charge is -2.33. The molecule has 1 aliphatic rings. The number of hydrogen-bond donors (Lipinski definition) is 0. The van der Waals surface area contributed by atoms with E-state index in [0.29, 0.717) is 37.7 Å². The molecule has 6 nitrogen and oxygen atoms in total. The van der Waals surface area contributed by atoms with Gasteiger partial charge in [-0.25, -0.2) is 0 Å². The molecule has 6 heteroatoms. The van der Waals surface area contributed by atoms with Crippen LogP contribution in [0.25, 0.3) is 11.1 Å². The third kappa shape index (κ3) is 9.19. The van der Waals surface area contributed by atoms with E-state index in [1.807, 2.05) is 78.9 Å². The van der Waals surface area contributed by atoms with E-state index in [1.54, 1.807) is 0 Å². The smallest absolute Gasteiger partial charge is 0.225 e. The average Bonchev–Trinajstić information content (AvgIpc) is 3.13. The highest BCUT2D eigenvalue weighted by Crippen LogP contribution is 2.33. The molecule has 2 heterocycles. The molecule has 46 heavy (non-hydrogen) atoms. The Labute approximate surface area is 272 Å². The van der Waals surface area contributed by atoms with Crippen molar-refractivity contribution in [3.8, 4) is 22.9 Å².